The van der Waals surface area contributed by atoms with Gasteiger partial charge in [-0.25, -0.2) is 0 Å². The van der Waals surface area contributed by atoms with Gasteiger partial charge in [-0.05, 0) is 50.7 Å². The van der Waals surface area contributed by atoms with Crippen LogP contribution >= 0.6 is 8.46 Å². The summed E-state index contributed by atoms with van der Waals surface area (Å²) in [4.78, 5) is 12.8. The lowest BCUT2D eigenvalue weighted by molar-refractivity contribution is 0.0956. The fourth-order valence-electron chi connectivity index (χ4n) is 3.51. The molecule has 1 saturated carbocycles. The van der Waals surface area contributed by atoms with Gasteiger partial charge in [0.1, 0.15) is 5.66 Å². The molecule has 1 fully saturated rings. The van der Waals surface area contributed by atoms with E-state index >= 15 is 0 Å². The largest absolute Gasteiger partial charge is 0.293 e. The van der Waals surface area contributed by atoms with Gasteiger partial charge in [0.15, 0.2) is 14.2 Å². The molecule has 0 aliphatic heterocycles. The second-order valence-corrected chi connectivity index (χ2v) is 6.85. The number of Topliss-reactive ketones (excluding diaryl/α,β-unsaturated/α-hetero) is 1. The van der Waals surface area contributed by atoms with E-state index in [9.17, 15) is 9.36 Å². The van der Waals surface area contributed by atoms with Gasteiger partial charge in [0.2, 0.25) is 0 Å². The number of carbonyl (C=O) groups excluding carboxylic acids is 1. The minimum absolute atomic E-state index is 0.0113. The van der Waals surface area contributed by atoms with E-state index < -0.39 is 0 Å². The van der Waals surface area contributed by atoms with Gasteiger partial charge in [0, 0.05) is 5.56 Å². The zero-order valence-electron chi connectivity index (χ0n) is 12.6. The van der Waals surface area contributed by atoms with Crippen LogP contribution < -0.4 is 0 Å². The zero-order chi connectivity index (χ0) is 14.7. The van der Waals surface area contributed by atoms with Crippen molar-refractivity contribution in [3.63, 3.8) is 0 Å². The molecule has 0 radical (unpaired) electrons. The van der Waals surface area contributed by atoms with Crippen LogP contribution in [0.2, 0.25) is 0 Å². The van der Waals surface area contributed by atoms with Crippen LogP contribution in [-0.2, 0) is 4.57 Å². The Morgan fingerprint density at radius 2 is 1.65 bits per heavy atom. The quantitative estimate of drug-likeness (QED) is 0.575. The SMILES string of the molecule is Cc1cc(C)c(C(=O)C(P=O)C2CCCCC2)c(C)c1. The Labute approximate surface area is 123 Å². The molecule has 20 heavy (non-hydrogen) atoms. The Kier molecular flexibility index (Phi) is 5.10. The van der Waals surface area contributed by atoms with Crippen molar-refractivity contribution in [3.05, 3.63) is 34.4 Å². The fourth-order valence-corrected chi connectivity index (χ4v) is 4.21. The summed E-state index contributed by atoms with van der Waals surface area (Å²) in [5, 5.41) is 0. The number of ketones is 1. The fraction of sp³-hybridized carbons (Fsp3) is 0.588. The molecule has 1 atom stereocenters. The number of rotatable bonds is 4. The molecule has 0 N–H and O–H groups in total. The second kappa shape index (κ2) is 6.63. The van der Waals surface area contributed by atoms with Gasteiger partial charge in [0.25, 0.3) is 0 Å². The molecule has 1 aliphatic carbocycles. The highest BCUT2D eigenvalue weighted by molar-refractivity contribution is 7.26. The number of carbonyl (C=O) groups is 1. The van der Waals surface area contributed by atoms with E-state index in [1.807, 2.05) is 32.9 Å². The Hall–Kier alpha value is -1.01. The molecule has 0 aromatic heterocycles. The molecule has 0 heterocycles. The minimum atomic E-state index is -0.351. The summed E-state index contributed by atoms with van der Waals surface area (Å²) >= 11 is 0. The average Bonchev–Trinajstić information content (AvgIpc) is 2.39. The van der Waals surface area contributed by atoms with Crippen LogP contribution in [0.15, 0.2) is 12.1 Å². The topological polar surface area (TPSA) is 34.1 Å². The third-order valence-electron chi connectivity index (χ3n) is 4.40. The summed E-state index contributed by atoms with van der Waals surface area (Å²) in [5.41, 5.74) is 3.63. The van der Waals surface area contributed by atoms with Crippen molar-refractivity contribution in [2.75, 3.05) is 0 Å². The minimum Gasteiger partial charge on any atom is -0.293 e. The predicted molar refractivity (Wildman–Crippen MR) is 83.0 cm³/mol. The van der Waals surface area contributed by atoms with Crippen molar-refractivity contribution in [2.45, 2.75) is 58.5 Å². The van der Waals surface area contributed by atoms with Gasteiger partial charge >= 0.3 is 0 Å². The molecule has 1 aromatic rings. The third-order valence-corrected chi connectivity index (χ3v) is 5.29. The van der Waals surface area contributed by atoms with E-state index in [1.54, 1.807) is 0 Å². The summed E-state index contributed by atoms with van der Waals surface area (Å²) in [6.45, 7) is 6.00. The monoisotopic (exact) mass is 290 g/mol. The molecule has 0 bridgehead atoms. The lowest BCUT2D eigenvalue weighted by atomic mass is 9.83. The smallest absolute Gasteiger partial charge is 0.178 e. The Morgan fingerprint density at radius 1 is 1.10 bits per heavy atom. The summed E-state index contributed by atoms with van der Waals surface area (Å²) in [6, 6.07) is 4.08. The van der Waals surface area contributed by atoms with Crippen LogP contribution in [0.5, 0.6) is 0 Å². The van der Waals surface area contributed by atoms with E-state index in [-0.39, 0.29) is 25.8 Å². The normalized spacial score (nSPS) is 18.1. The van der Waals surface area contributed by atoms with Crippen molar-refractivity contribution in [1.82, 2.24) is 0 Å². The molecular weight excluding hydrogens is 267 g/mol. The second-order valence-electron chi connectivity index (χ2n) is 6.09. The maximum Gasteiger partial charge on any atom is 0.178 e. The molecule has 0 saturated heterocycles. The van der Waals surface area contributed by atoms with Crippen molar-refractivity contribution in [1.29, 1.82) is 0 Å². The highest BCUT2D eigenvalue weighted by atomic mass is 31.1. The van der Waals surface area contributed by atoms with Gasteiger partial charge in [-0.2, -0.15) is 0 Å². The first-order valence-electron chi connectivity index (χ1n) is 7.49. The standard InChI is InChI=1S/C17H23O2P/c1-11-9-12(2)15(13(3)10-11)16(18)17(20-19)14-7-5-4-6-8-14/h9-10,14,17H,4-8H2,1-3H3. The molecule has 0 amide bonds. The van der Waals surface area contributed by atoms with Crippen LogP contribution in [0, 0.1) is 26.7 Å². The van der Waals surface area contributed by atoms with Gasteiger partial charge in [-0.1, -0.05) is 37.0 Å². The van der Waals surface area contributed by atoms with E-state index in [1.165, 1.54) is 12.0 Å². The van der Waals surface area contributed by atoms with Crippen LogP contribution in [0.25, 0.3) is 0 Å². The summed E-state index contributed by atoms with van der Waals surface area (Å²) in [7, 11) is -0.0113. The van der Waals surface area contributed by atoms with Crippen LogP contribution in [0.3, 0.4) is 0 Å². The number of hydrogen-bond acceptors (Lipinski definition) is 2. The highest BCUT2D eigenvalue weighted by Crippen LogP contribution is 2.35. The number of benzene rings is 1. The summed E-state index contributed by atoms with van der Waals surface area (Å²) in [6.07, 6.45) is 5.65. The van der Waals surface area contributed by atoms with E-state index in [0.29, 0.717) is 0 Å². The molecule has 1 aliphatic rings. The lowest BCUT2D eigenvalue weighted by Gasteiger charge is -2.26. The van der Waals surface area contributed by atoms with Gasteiger partial charge < -0.3 is 0 Å². The molecule has 2 rings (SSSR count). The first kappa shape index (κ1) is 15.4. The van der Waals surface area contributed by atoms with Gasteiger partial charge in [-0.3, -0.25) is 9.36 Å². The van der Waals surface area contributed by atoms with E-state index in [0.717, 1.165) is 42.4 Å². The van der Waals surface area contributed by atoms with Crippen molar-refractivity contribution < 1.29 is 9.36 Å². The maximum atomic E-state index is 12.8. The summed E-state index contributed by atoms with van der Waals surface area (Å²) < 4.78 is 11.6. The number of hydrogen-bond donors (Lipinski definition) is 0. The average molecular weight is 290 g/mol. The molecule has 2 nitrogen and oxygen atoms in total. The molecule has 108 valence electrons. The predicted octanol–water partition coefficient (Wildman–Crippen LogP) is 5.04. The van der Waals surface area contributed by atoms with Gasteiger partial charge in [-0.15, -0.1) is 0 Å². The van der Waals surface area contributed by atoms with E-state index in [2.05, 4.69) is 0 Å². The molecule has 0 spiro atoms. The van der Waals surface area contributed by atoms with Crippen molar-refractivity contribution in [2.24, 2.45) is 5.92 Å². The first-order chi connectivity index (χ1) is 9.54. The number of aryl methyl sites for hydroxylation is 3. The van der Waals surface area contributed by atoms with Crippen molar-refractivity contribution >= 4 is 14.2 Å². The van der Waals surface area contributed by atoms with Crippen LogP contribution in [0.4, 0.5) is 0 Å². The Balaban J connectivity index is 2.31. The van der Waals surface area contributed by atoms with Crippen LogP contribution in [0.1, 0.15) is 59.2 Å². The molecular formula is C17H23O2P. The maximum absolute atomic E-state index is 12.8. The molecule has 1 unspecified atom stereocenters. The van der Waals surface area contributed by atoms with Crippen molar-refractivity contribution in [3.8, 4) is 0 Å². The van der Waals surface area contributed by atoms with Gasteiger partial charge in [0.05, 0.1) is 0 Å². The van der Waals surface area contributed by atoms with Crippen LogP contribution in [-0.4, -0.2) is 11.4 Å². The Bertz CT molecular complexity index is 493. The van der Waals surface area contributed by atoms with E-state index in [4.69, 9.17) is 0 Å². The first-order valence-corrected chi connectivity index (χ1v) is 8.37. The third kappa shape index (κ3) is 3.17. The lowest BCUT2D eigenvalue weighted by Crippen LogP contribution is -2.27. The molecule has 1 aromatic carbocycles. The Morgan fingerprint density at radius 3 is 2.15 bits per heavy atom. The zero-order valence-corrected chi connectivity index (χ0v) is 13.5. The molecule has 3 heteroatoms. The highest BCUT2D eigenvalue weighted by Gasteiger charge is 2.32. The summed E-state index contributed by atoms with van der Waals surface area (Å²) in [5.74, 6) is 0.360.